The molecule has 0 aromatic carbocycles. The van der Waals surface area contributed by atoms with Crippen LogP contribution in [0.5, 0.6) is 0 Å². The summed E-state index contributed by atoms with van der Waals surface area (Å²) in [6.45, 7) is 2.64. The van der Waals surface area contributed by atoms with Crippen molar-refractivity contribution < 1.29 is 0 Å². The lowest BCUT2D eigenvalue weighted by molar-refractivity contribution is 0.560. The summed E-state index contributed by atoms with van der Waals surface area (Å²) in [5, 5.41) is 8.22. The Morgan fingerprint density at radius 3 is 2.50 bits per heavy atom. The molecule has 1 aromatic heterocycles. The van der Waals surface area contributed by atoms with Gasteiger partial charge in [0.2, 0.25) is 5.95 Å². The molecule has 0 amide bonds. The molecule has 2 heterocycles. The van der Waals surface area contributed by atoms with Gasteiger partial charge in [0, 0.05) is 20.1 Å². The molecule has 78 valence electrons. The van der Waals surface area contributed by atoms with Crippen LogP contribution in [0.2, 0.25) is 0 Å². The highest BCUT2D eigenvalue weighted by Crippen LogP contribution is 2.17. The summed E-state index contributed by atoms with van der Waals surface area (Å²) >= 11 is 0. The van der Waals surface area contributed by atoms with Crippen LogP contribution in [0.15, 0.2) is 0 Å². The lowest BCUT2D eigenvalue weighted by Gasteiger charge is -2.26. The molecule has 1 saturated heterocycles. The average molecular weight is 195 g/mol. The van der Waals surface area contributed by atoms with Crippen LogP contribution in [0.4, 0.5) is 5.95 Å². The molecule has 5 nitrogen and oxygen atoms in total. The maximum absolute atomic E-state index is 5.55. The van der Waals surface area contributed by atoms with E-state index >= 15 is 0 Å². The van der Waals surface area contributed by atoms with Gasteiger partial charge in [-0.3, -0.25) is 4.57 Å². The SMILES string of the molecule is Cn1c(CN)nnc1N1CCCCC1. The highest BCUT2D eigenvalue weighted by molar-refractivity contribution is 5.31. The van der Waals surface area contributed by atoms with Crippen LogP contribution in [0.1, 0.15) is 25.1 Å². The Kier molecular flexibility index (Phi) is 2.67. The van der Waals surface area contributed by atoms with Crippen molar-refractivity contribution in [3.8, 4) is 0 Å². The van der Waals surface area contributed by atoms with Gasteiger partial charge in [0.1, 0.15) is 5.82 Å². The van der Waals surface area contributed by atoms with Crippen molar-refractivity contribution in [1.82, 2.24) is 14.8 Å². The predicted molar refractivity (Wildman–Crippen MR) is 55.0 cm³/mol. The summed E-state index contributed by atoms with van der Waals surface area (Å²) in [6, 6.07) is 0. The van der Waals surface area contributed by atoms with Crippen molar-refractivity contribution in [2.24, 2.45) is 12.8 Å². The Morgan fingerprint density at radius 2 is 1.93 bits per heavy atom. The Labute approximate surface area is 83.9 Å². The monoisotopic (exact) mass is 195 g/mol. The van der Waals surface area contributed by atoms with Crippen molar-refractivity contribution in [3.63, 3.8) is 0 Å². The van der Waals surface area contributed by atoms with Crippen molar-refractivity contribution >= 4 is 5.95 Å². The molecule has 5 heteroatoms. The summed E-state index contributed by atoms with van der Waals surface area (Å²) in [6.07, 6.45) is 3.84. The fourth-order valence-electron chi connectivity index (χ4n) is 1.90. The lowest BCUT2D eigenvalue weighted by Crippen LogP contribution is -2.31. The summed E-state index contributed by atoms with van der Waals surface area (Å²) in [7, 11) is 1.98. The van der Waals surface area contributed by atoms with E-state index in [0.717, 1.165) is 24.9 Å². The highest BCUT2D eigenvalue weighted by atomic mass is 15.4. The van der Waals surface area contributed by atoms with E-state index < -0.39 is 0 Å². The zero-order valence-electron chi connectivity index (χ0n) is 8.61. The van der Waals surface area contributed by atoms with Crippen LogP contribution in [0, 0.1) is 0 Å². The smallest absolute Gasteiger partial charge is 0.227 e. The van der Waals surface area contributed by atoms with Gasteiger partial charge in [-0.1, -0.05) is 0 Å². The van der Waals surface area contributed by atoms with E-state index in [1.54, 1.807) is 0 Å². The molecule has 0 saturated carbocycles. The fraction of sp³-hybridized carbons (Fsp3) is 0.778. The molecule has 1 fully saturated rings. The van der Waals surface area contributed by atoms with Gasteiger partial charge >= 0.3 is 0 Å². The first kappa shape index (κ1) is 9.45. The van der Waals surface area contributed by atoms with E-state index in [2.05, 4.69) is 15.1 Å². The van der Waals surface area contributed by atoms with Gasteiger partial charge in [-0.25, -0.2) is 0 Å². The van der Waals surface area contributed by atoms with E-state index in [1.807, 2.05) is 11.6 Å². The van der Waals surface area contributed by atoms with Gasteiger partial charge in [-0.15, -0.1) is 10.2 Å². The molecule has 0 unspecified atom stereocenters. The Morgan fingerprint density at radius 1 is 1.21 bits per heavy atom. The third-order valence-corrected chi connectivity index (χ3v) is 2.76. The molecule has 2 rings (SSSR count). The summed E-state index contributed by atoms with van der Waals surface area (Å²) in [4.78, 5) is 2.29. The minimum Gasteiger partial charge on any atom is -0.341 e. The average Bonchev–Trinajstić information content (AvgIpc) is 2.61. The molecule has 0 bridgehead atoms. The van der Waals surface area contributed by atoms with Crippen molar-refractivity contribution in [2.75, 3.05) is 18.0 Å². The number of nitrogens with zero attached hydrogens (tertiary/aromatic N) is 4. The Bertz CT molecular complexity index is 300. The van der Waals surface area contributed by atoms with E-state index in [0.29, 0.717) is 6.54 Å². The topological polar surface area (TPSA) is 60.0 Å². The zero-order chi connectivity index (χ0) is 9.97. The molecule has 1 aliphatic rings. The van der Waals surface area contributed by atoms with E-state index in [4.69, 9.17) is 5.73 Å². The van der Waals surface area contributed by atoms with Crippen molar-refractivity contribution in [1.29, 1.82) is 0 Å². The van der Waals surface area contributed by atoms with Gasteiger partial charge in [0.15, 0.2) is 0 Å². The van der Waals surface area contributed by atoms with E-state index in [1.165, 1.54) is 19.3 Å². The van der Waals surface area contributed by atoms with Crippen LogP contribution < -0.4 is 10.6 Å². The minimum atomic E-state index is 0.456. The molecular weight excluding hydrogens is 178 g/mol. The van der Waals surface area contributed by atoms with Gasteiger partial charge in [0.25, 0.3) is 0 Å². The second kappa shape index (κ2) is 3.96. The number of aromatic nitrogens is 3. The molecule has 0 radical (unpaired) electrons. The van der Waals surface area contributed by atoms with E-state index in [-0.39, 0.29) is 0 Å². The quantitative estimate of drug-likeness (QED) is 0.735. The summed E-state index contributed by atoms with van der Waals surface area (Å²) in [5.41, 5.74) is 5.55. The van der Waals surface area contributed by atoms with Crippen molar-refractivity contribution in [3.05, 3.63) is 5.82 Å². The van der Waals surface area contributed by atoms with Crippen LogP contribution >= 0.6 is 0 Å². The number of anilines is 1. The first-order chi connectivity index (χ1) is 6.83. The molecule has 2 N–H and O–H groups in total. The van der Waals surface area contributed by atoms with Crippen molar-refractivity contribution in [2.45, 2.75) is 25.8 Å². The second-order valence-electron chi connectivity index (χ2n) is 3.73. The number of rotatable bonds is 2. The van der Waals surface area contributed by atoms with Gasteiger partial charge < -0.3 is 10.6 Å². The molecule has 1 aliphatic heterocycles. The standard InChI is InChI=1S/C9H17N5/c1-13-8(7-10)11-12-9(13)14-5-3-2-4-6-14/h2-7,10H2,1H3. The summed E-state index contributed by atoms with van der Waals surface area (Å²) in [5.74, 6) is 1.82. The van der Waals surface area contributed by atoms with E-state index in [9.17, 15) is 0 Å². The third-order valence-electron chi connectivity index (χ3n) is 2.76. The lowest BCUT2D eigenvalue weighted by atomic mass is 10.1. The summed E-state index contributed by atoms with van der Waals surface area (Å²) < 4.78 is 1.99. The fourth-order valence-corrected chi connectivity index (χ4v) is 1.90. The van der Waals surface area contributed by atoms with Gasteiger partial charge in [-0.05, 0) is 19.3 Å². The number of nitrogens with two attached hydrogens (primary N) is 1. The molecule has 14 heavy (non-hydrogen) atoms. The zero-order valence-corrected chi connectivity index (χ0v) is 8.61. The van der Waals surface area contributed by atoms with Crippen LogP contribution in [-0.2, 0) is 13.6 Å². The Balaban J connectivity index is 2.18. The molecule has 1 aromatic rings. The van der Waals surface area contributed by atoms with Gasteiger partial charge in [-0.2, -0.15) is 0 Å². The molecule has 0 spiro atoms. The number of hydrogen-bond donors (Lipinski definition) is 1. The normalized spacial score (nSPS) is 17.4. The molecule has 0 atom stereocenters. The number of piperidine rings is 1. The maximum Gasteiger partial charge on any atom is 0.227 e. The molecular formula is C9H17N5. The largest absolute Gasteiger partial charge is 0.341 e. The molecule has 0 aliphatic carbocycles. The first-order valence-corrected chi connectivity index (χ1v) is 5.16. The first-order valence-electron chi connectivity index (χ1n) is 5.16. The van der Waals surface area contributed by atoms with Crippen LogP contribution in [0.3, 0.4) is 0 Å². The predicted octanol–water partition coefficient (Wildman–Crippen LogP) is 0.264. The second-order valence-corrected chi connectivity index (χ2v) is 3.73. The third kappa shape index (κ3) is 1.59. The van der Waals surface area contributed by atoms with Crippen LogP contribution in [-0.4, -0.2) is 27.9 Å². The van der Waals surface area contributed by atoms with Crippen LogP contribution in [0.25, 0.3) is 0 Å². The minimum absolute atomic E-state index is 0.456. The maximum atomic E-state index is 5.55. The Hall–Kier alpha value is -1.10. The number of hydrogen-bond acceptors (Lipinski definition) is 4. The van der Waals surface area contributed by atoms with Gasteiger partial charge in [0.05, 0.1) is 6.54 Å². The highest BCUT2D eigenvalue weighted by Gasteiger charge is 2.16.